The molecular weight excluding hydrogens is 394 g/mol. The second-order valence-corrected chi connectivity index (χ2v) is 8.02. The smallest absolute Gasteiger partial charge is 0.325 e. The van der Waals surface area contributed by atoms with Crippen LogP contribution >= 0.6 is 11.3 Å². The van der Waals surface area contributed by atoms with E-state index in [1.807, 2.05) is 17.5 Å². The second-order valence-electron chi connectivity index (χ2n) is 6.98. The van der Waals surface area contributed by atoms with Crippen molar-refractivity contribution >= 4 is 29.2 Å². The third-order valence-corrected chi connectivity index (χ3v) is 5.91. The number of hydrogen-bond acceptors (Lipinski definition) is 6. The summed E-state index contributed by atoms with van der Waals surface area (Å²) < 4.78 is 11.1. The summed E-state index contributed by atoms with van der Waals surface area (Å²) in [7, 11) is 0. The molecule has 8 nitrogen and oxygen atoms in total. The van der Waals surface area contributed by atoms with Gasteiger partial charge in [0.25, 0.3) is 5.91 Å². The second kappa shape index (κ2) is 7.75. The van der Waals surface area contributed by atoms with Crippen LogP contribution in [-0.2, 0) is 21.5 Å². The van der Waals surface area contributed by atoms with Crippen LogP contribution in [0.5, 0.6) is 11.5 Å². The molecular formula is C20H21N3O5S. The minimum Gasteiger partial charge on any atom is -0.486 e. The largest absolute Gasteiger partial charge is 0.486 e. The van der Waals surface area contributed by atoms with Gasteiger partial charge in [-0.05, 0) is 42.5 Å². The van der Waals surface area contributed by atoms with Crippen LogP contribution in [-0.4, -0.2) is 49.0 Å². The van der Waals surface area contributed by atoms with Crippen molar-refractivity contribution in [3.8, 4) is 11.5 Å². The highest BCUT2D eigenvalue weighted by molar-refractivity contribution is 7.09. The van der Waals surface area contributed by atoms with Crippen LogP contribution in [0.25, 0.3) is 0 Å². The van der Waals surface area contributed by atoms with E-state index in [9.17, 15) is 14.4 Å². The Hall–Kier alpha value is -3.07. The average Bonchev–Trinajstić information content (AvgIpc) is 3.31. The van der Waals surface area contributed by atoms with Gasteiger partial charge in [0, 0.05) is 11.4 Å². The van der Waals surface area contributed by atoms with Crippen molar-refractivity contribution in [3.63, 3.8) is 0 Å². The van der Waals surface area contributed by atoms with Gasteiger partial charge >= 0.3 is 6.03 Å². The quantitative estimate of drug-likeness (QED) is 0.700. The van der Waals surface area contributed by atoms with Crippen molar-refractivity contribution in [3.05, 3.63) is 46.2 Å². The first-order valence-electron chi connectivity index (χ1n) is 9.31. The Labute approximate surface area is 171 Å². The molecule has 0 aliphatic carbocycles. The molecule has 2 aliphatic heterocycles. The molecule has 0 saturated carbocycles. The number of nitrogens with one attached hydrogen (secondary N) is 2. The van der Waals surface area contributed by atoms with E-state index >= 15 is 0 Å². The normalized spacial score (nSPS) is 20.5. The van der Waals surface area contributed by atoms with Gasteiger partial charge in [-0.15, -0.1) is 11.3 Å². The molecule has 4 amide bonds. The summed E-state index contributed by atoms with van der Waals surface area (Å²) in [6, 6.07) is 8.48. The predicted molar refractivity (Wildman–Crippen MR) is 106 cm³/mol. The number of thiophene rings is 1. The Balaban J connectivity index is 1.42. The first-order chi connectivity index (χ1) is 14.0. The van der Waals surface area contributed by atoms with E-state index in [0.29, 0.717) is 43.2 Å². The van der Waals surface area contributed by atoms with Crippen LogP contribution in [0.4, 0.5) is 4.79 Å². The van der Waals surface area contributed by atoms with Gasteiger partial charge in [0.15, 0.2) is 11.5 Å². The molecule has 0 spiro atoms. The van der Waals surface area contributed by atoms with Gasteiger partial charge in [0.1, 0.15) is 25.3 Å². The number of carbonyl (C=O) groups excluding carboxylic acids is 3. The van der Waals surface area contributed by atoms with Crippen LogP contribution in [0.1, 0.15) is 17.4 Å². The number of amides is 4. The van der Waals surface area contributed by atoms with E-state index in [1.165, 1.54) is 0 Å². The van der Waals surface area contributed by atoms with Crippen LogP contribution < -0.4 is 20.1 Å². The van der Waals surface area contributed by atoms with Crippen molar-refractivity contribution in [1.29, 1.82) is 0 Å². The molecule has 2 aromatic rings. The molecule has 1 aromatic carbocycles. The summed E-state index contributed by atoms with van der Waals surface area (Å²) in [5.41, 5.74) is -0.704. The molecule has 9 heteroatoms. The van der Waals surface area contributed by atoms with Gasteiger partial charge in [0.05, 0.1) is 0 Å². The number of hydrogen-bond donors (Lipinski definition) is 2. The van der Waals surface area contributed by atoms with Crippen LogP contribution in [0.2, 0.25) is 0 Å². The average molecular weight is 415 g/mol. The Morgan fingerprint density at radius 2 is 2.03 bits per heavy atom. The monoisotopic (exact) mass is 415 g/mol. The minimum absolute atomic E-state index is 0.324. The molecule has 3 heterocycles. The fourth-order valence-electron chi connectivity index (χ4n) is 3.37. The molecule has 152 valence electrons. The summed E-state index contributed by atoms with van der Waals surface area (Å²) in [6.07, 6.45) is 0.707. The number of urea groups is 1. The SMILES string of the molecule is C[C@]1(c2ccc3c(c2)OCCO3)NC(=O)N(CC(=O)NCCc2cccs2)C1=O. The van der Waals surface area contributed by atoms with Crippen molar-refractivity contribution in [2.75, 3.05) is 26.3 Å². The highest BCUT2D eigenvalue weighted by Crippen LogP contribution is 2.36. The topological polar surface area (TPSA) is 97.0 Å². The summed E-state index contributed by atoms with van der Waals surface area (Å²) in [6.45, 7) is 2.63. The molecule has 2 aliphatic rings. The van der Waals surface area contributed by atoms with Gasteiger partial charge in [-0.2, -0.15) is 0 Å². The standard InChI is InChI=1S/C20H21N3O5S/c1-20(13-4-5-15-16(11-13)28-9-8-27-15)18(25)23(19(26)22-20)12-17(24)21-7-6-14-3-2-10-29-14/h2-5,10-11H,6-9,12H2,1H3,(H,21,24)(H,22,26)/t20-/m1/s1. The van der Waals surface area contributed by atoms with Crippen molar-refractivity contribution in [2.24, 2.45) is 0 Å². The maximum atomic E-state index is 13.0. The number of rotatable bonds is 6. The predicted octanol–water partition coefficient (Wildman–Crippen LogP) is 1.65. The molecule has 2 N–H and O–H groups in total. The first kappa shape index (κ1) is 19.3. The Bertz CT molecular complexity index is 946. The lowest BCUT2D eigenvalue weighted by Gasteiger charge is -2.25. The fraction of sp³-hybridized carbons (Fsp3) is 0.350. The van der Waals surface area contributed by atoms with Crippen LogP contribution in [0, 0.1) is 0 Å². The van der Waals surface area contributed by atoms with E-state index in [0.717, 1.165) is 9.78 Å². The van der Waals surface area contributed by atoms with Crippen LogP contribution in [0.3, 0.4) is 0 Å². The van der Waals surface area contributed by atoms with Crippen molar-refractivity contribution in [2.45, 2.75) is 18.9 Å². The maximum Gasteiger partial charge on any atom is 0.325 e. The molecule has 4 rings (SSSR count). The molecule has 1 aromatic heterocycles. The van der Waals surface area contributed by atoms with Gasteiger partial charge in [-0.1, -0.05) is 12.1 Å². The van der Waals surface area contributed by atoms with Crippen molar-refractivity contribution < 1.29 is 23.9 Å². The molecule has 0 unspecified atom stereocenters. The zero-order valence-electron chi connectivity index (χ0n) is 15.9. The fourth-order valence-corrected chi connectivity index (χ4v) is 4.08. The lowest BCUT2D eigenvalue weighted by Crippen LogP contribution is -2.43. The third-order valence-electron chi connectivity index (χ3n) is 4.97. The number of fused-ring (bicyclic) bond motifs is 1. The molecule has 29 heavy (non-hydrogen) atoms. The van der Waals surface area contributed by atoms with E-state index in [1.54, 1.807) is 36.5 Å². The number of benzene rings is 1. The molecule has 1 atom stereocenters. The highest BCUT2D eigenvalue weighted by Gasteiger charge is 2.49. The van der Waals surface area contributed by atoms with Gasteiger partial charge in [-0.3, -0.25) is 14.5 Å². The highest BCUT2D eigenvalue weighted by atomic mass is 32.1. The number of imide groups is 1. The first-order valence-corrected chi connectivity index (χ1v) is 10.2. The van der Waals surface area contributed by atoms with E-state index in [2.05, 4.69) is 10.6 Å². The Morgan fingerprint density at radius 3 is 2.79 bits per heavy atom. The van der Waals surface area contributed by atoms with E-state index in [-0.39, 0.29) is 12.5 Å². The van der Waals surface area contributed by atoms with Crippen molar-refractivity contribution in [1.82, 2.24) is 15.5 Å². The van der Waals surface area contributed by atoms with Crippen LogP contribution in [0.15, 0.2) is 35.7 Å². The molecule has 1 saturated heterocycles. The van der Waals surface area contributed by atoms with Gasteiger partial charge in [-0.25, -0.2) is 4.79 Å². The number of carbonyl (C=O) groups is 3. The molecule has 0 bridgehead atoms. The van der Waals surface area contributed by atoms with Gasteiger partial charge in [0.2, 0.25) is 5.91 Å². The number of ether oxygens (including phenoxy) is 2. The summed E-state index contributed by atoms with van der Waals surface area (Å²) in [5, 5.41) is 7.43. The summed E-state index contributed by atoms with van der Waals surface area (Å²) in [4.78, 5) is 39.8. The minimum atomic E-state index is -1.27. The lowest BCUT2D eigenvalue weighted by atomic mass is 9.91. The lowest BCUT2D eigenvalue weighted by molar-refractivity contribution is -0.134. The zero-order chi connectivity index (χ0) is 20.4. The Morgan fingerprint density at radius 1 is 1.24 bits per heavy atom. The molecule has 0 radical (unpaired) electrons. The van der Waals surface area contributed by atoms with Gasteiger partial charge < -0.3 is 20.1 Å². The van der Waals surface area contributed by atoms with E-state index in [4.69, 9.17) is 9.47 Å². The Kier molecular flexibility index (Phi) is 5.14. The zero-order valence-corrected chi connectivity index (χ0v) is 16.7. The number of nitrogens with zero attached hydrogens (tertiary/aromatic N) is 1. The summed E-state index contributed by atoms with van der Waals surface area (Å²) >= 11 is 1.62. The summed E-state index contributed by atoms with van der Waals surface area (Å²) in [5.74, 6) is 0.271. The third kappa shape index (κ3) is 3.77. The maximum absolute atomic E-state index is 13.0. The molecule has 1 fully saturated rings. The van der Waals surface area contributed by atoms with E-state index < -0.39 is 17.5 Å².